The van der Waals surface area contributed by atoms with Crippen molar-refractivity contribution in [2.75, 3.05) is 0 Å². The molecule has 0 fully saturated rings. The first-order chi connectivity index (χ1) is 8.56. The number of aromatic nitrogens is 2. The van der Waals surface area contributed by atoms with Gasteiger partial charge in [-0.25, -0.2) is 9.78 Å². The molecule has 1 N–H and O–H groups in total. The molecular weight excluding hydrogens is 272 g/mol. The molecule has 0 saturated carbocycles. The predicted octanol–water partition coefficient (Wildman–Crippen LogP) is 3.29. The van der Waals surface area contributed by atoms with Gasteiger partial charge in [-0.2, -0.15) is 0 Å². The van der Waals surface area contributed by atoms with Crippen molar-refractivity contribution in [2.45, 2.75) is 16.8 Å². The summed E-state index contributed by atoms with van der Waals surface area (Å²) in [5.74, 6) is -0.938. The summed E-state index contributed by atoms with van der Waals surface area (Å²) in [6.07, 6.45) is 3.03. The maximum atomic E-state index is 11.0. The summed E-state index contributed by atoms with van der Waals surface area (Å²) < 4.78 is 0. The Morgan fingerprint density at radius 1 is 1.39 bits per heavy atom. The number of rotatable bonds is 3. The Labute approximate surface area is 113 Å². The molecule has 0 bridgehead atoms. The van der Waals surface area contributed by atoms with Gasteiger partial charge in [0.25, 0.3) is 0 Å². The van der Waals surface area contributed by atoms with E-state index in [1.807, 2.05) is 6.07 Å². The molecule has 4 nitrogen and oxygen atoms in total. The average molecular weight is 281 g/mol. The number of halogens is 1. The van der Waals surface area contributed by atoms with Crippen molar-refractivity contribution in [3.8, 4) is 0 Å². The van der Waals surface area contributed by atoms with Crippen molar-refractivity contribution in [2.24, 2.45) is 0 Å². The van der Waals surface area contributed by atoms with Crippen LogP contribution in [0.4, 0.5) is 0 Å². The second kappa shape index (κ2) is 5.37. The predicted molar refractivity (Wildman–Crippen MR) is 69.3 cm³/mol. The van der Waals surface area contributed by atoms with Gasteiger partial charge in [-0.05, 0) is 24.6 Å². The van der Waals surface area contributed by atoms with Gasteiger partial charge in [-0.15, -0.1) is 0 Å². The van der Waals surface area contributed by atoms with Crippen LogP contribution in [0.15, 0.2) is 40.5 Å². The molecule has 0 amide bonds. The van der Waals surface area contributed by atoms with Gasteiger partial charge in [0.05, 0.1) is 18.0 Å². The van der Waals surface area contributed by atoms with Crippen LogP contribution in [0.1, 0.15) is 15.9 Å². The summed E-state index contributed by atoms with van der Waals surface area (Å²) >= 11 is 7.06. The lowest BCUT2D eigenvalue weighted by molar-refractivity contribution is 0.0696. The third-order valence-corrected chi connectivity index (χ3v) is 3.32. The summed E-state index contributed by atoms with van der Waals surface area (Å²) in [6, 6.07) is 5.23. The Hall–Kier alpha value is -1.59. The fraction of sp³-hybridized carbons (Fsp3) is 0.0833. The topological polar surface area (TPSA) is 63.1 Å². The third kappa shape index (κ3) is 3.00. The van der Waals surface area contributed by atoms with E-state index in [0.717, 1.165) is 10.5 Å². The molecule has 0 atom stereocenters. The minimum atomic E-state index is -0.938. The van der Waals surface area contributed by atoms with Crippen molar-refractivity contribution in [1.29, 1.82) is 0 Å². The number of aryl methyl sites for hydroxylation is 1. The molecule has 1 aromatic heterocycles. The van der Waals surface area contributed by atoms with E-state index in [1.165, 1.54) is 18.0 Å². The first kappa shape index (κ1) is 12.9. The summed E-state index contributed by atoms with van der Waals surface area (Å²) in [5.41, 5.74) is 1.01. The zero-order valence-corrected chi connectivity index (χ0v) is 11.0. The molecular formula is C12H9ClN2O2S. The van der Waals surface area contributed by atoms with E-state index in [9.17, 15) is 4.79 Å². The smallest absolute Gasteiger partial charge is 0.335 e. The zero-order chi connectivity index (χ0) is 13.1. The first-order valence-electron chi connectivity index (χ1n) is 5.05. The Bertz CT molecular complexity index is 604. The second-order valence-corrected chi connectivity index (χ2v) is 5.05. The largest absolute Gasteiger partial charge is 0.478 e. The number of aromatic carboxylic acids is 1. The molecule has 2 rings (SSSR count). The SMILES string of the molecule is Cc1ccc(Sc2cncc(Cl)n2)cc1C(=O)O. The van der Waals surface area contributed by atoms with Gasteiger partial charge in [0, 0.05) is 4.90 Å². The standard InChI is InChI=1S/C12H9ClN2O2S/c1-7-2-3-8(4-9(7)12(16)17)18-11-6-14-5-10(13)15-11/h2-6H,1H3,(H,16,17). The molecule has 92 valence electrons. The monoisotopic (exact) mass is 280 g/mol. The molecule has 1 aromatic carbocycles. The fourth-order valence-electron chi connectivity index (χ4n) is 1.39. The summed E-state index contributed by atoms with van der Waals surface area (Å²) in [7, 11) is 0. The van der Waals surface area contributed by atoms with Crippen LogP contribution in [0.3, 0.4) is 0 Å². The van der Waals surface area contributed by atoms with Crippen LogP contribution < -0.4 is 0 Å². The number of benzene rings is 1. The van der Waals surface area contributed by atoms with E-state index < -0.39 is 5.97 Å². The quantitative estimate of drug-likeness (QED) is 0.935. The summed E-state index contributed by atoms with van der Waals surface area (Å²) in [6.45, 7) is 1.76. The van der Waals surface area contributed by atoms with E-state index in [4.69, 9.17) is 16.7 Å². The van der Waals surface area contributed by atoms with Crippen molar-refractivity contribution in [3.05, 3.63) is 46.9 Å². The van der Waals surface area contributed by atoms with Gasteiger partial charge >= 0.3 is 5.97 Å². The number of nitrogens with zero attached hydrogens (tertiary/aromatic N) is 2. The van der Waals surface area contributed by atoms with Crippen LogP contribution in [0.5, 0.6) is 0 Å². The van der Waals surface area contributed by atoms with Crippen LogP contribution >= 0.6 is 23.4 Å². The first-order valence-corrected chi connectivity index (χ1v) is 6.25. The molecule has 0 aliphatic rings. The van der Waals surface area contributed by atoms with Gasteiger partial charge < -0.3 is 5.11 Å². The number of carboxylic acids is 1. The van der Waals surface area contributed by atoms with Crippen LogP contribution in [0, 0.1) is 6.92 Å². The molecule has 1 heterocycles. The molecule has 0 aliphatic heterocycles. The van der Waals surface area contributed by atoms with Gasteiger partial charge in [0.1, 0.15) is 10.2 Å². The lowest BCUT2D eigenvalue weighted by Gasteiger charge is -2.04. The minimum absolute atomic E-state index is 0.287. The molecule has 0 unspecified atom stereocenters. The Balaban J connectivity index is 2.30. The lowest BCUT2D eigenvalue weighted by atomic mass is 10.1. The summed E-state index contributed by atoms with van der Waals surface area (Å²) in [4.78, 5) is 19.8. The molecule has 0 radical (unpaired) electrons. The molecule has 2 aromatic rings. The van der Waals surface area contributed by atoms with E-state index in [1.54, 1.807) is 25.3 Å². The highest BCUT2D eigenvalue weighted by Gasteiger charge is 2.09. The fourth-order valence-corrected chi connectivity index (χ4v) is 2.40. The van der Waals surface area contributed by atoms with Gasteiger partial charge in [-0.3, -0.25) is 4.98 Å². The van der Waals surface area contributed by atoms with E-state index in [0.29, 0.717) is 10.2 Å². The van der Waals surface area contributed by atoms with Crippen LogP contribution in [-0.4, -0.2) is 21.0 Å². The highest BCUT2D eigenvalue weighted by molar-refractivity contribution is 7.99. The van der Waals surface area contributed by atoms with Gasteiger partial charge in [0.2, 0.25) is 0 Å². The van der Waals surface area contributed by atoms with Gasteiger partial charge in [-0.1, -0.05) is 29.4 Å². The Kier molecular flexibility index (Phi) is 3.84. The molecule has 6 heteroatoms. The Morgan fingerprint density at radius 3 is 2.83 bits per heavy atom. The highest BCUT2D eigenvalue weighted by atomic mass is 35.5. The van der Waals surface area contributed by atoms with Gasteiger partial charge in [0.15, 0.2) is 0 Å². The maximum Gasteiger partial charge on any atom is 0.335 e. The molecule has 18 heavy (non-hydrogen) atoms. The average Bonchev–Trinajstić information content (AvgIpc) is 2.31. The van der Waals surface area contributed by atoms with Crippen LogP contribution in [0.2, 0.25) is 5.15 Å². The number of carbonyl (C=O) groups is 1. The third-order valence-electron chi connectivity index (χ3n) is 2.24. The summed E-state index contributed by atoms with van der Waals surface area (Å²) in [5, 5.41) is 9.98. The second-order valence-electron chi connectivity index (χ2n) is 3.56. The highest BCUT2D eigenvalue weighted by Crippen LogP contribution is 2.27. The van der Waals surface area contributed by atoms with E-state index in [2.05, 4.69) is 9.97 Å². The van der Waals surface area contributed by atoms with Crippen molar-refractivity contribution >= 4 is 29.3 Å². The van der Waals surface area contributed by atoms with Crippen molar-refractivity contribution in [3.63, 3.8) is 0 Å². The normalized spacial score (nSPS) is 10.3. The van der Waals surface area contributed by atoms with Crippen molar-refractivity contribution in [1.82, 2.24) is 9.97 Å². The molecule has 0 aliphatic carbocycles. The zero-order valence-electron chi connectivity index (χ0n) is 9.42. The van der Waals surface area contributed by atoms with Crippen molar-refractivity contribution < 1.29 is 9.90 Å². The van der Waals surface area contributed by atoms with Crippen LogP contribution in [-0.2, 0) is 0 Å². The molecule has 0 saturated heterocycles. The minimum Gasteiger partial charge on any atom is -0.478 e. The number of hydrogen-bond acceptors (Lipinski definition) is 4. The number of hydrogen-bond donors (Lipinski definition) is 1. The Morgan fingerprint density at radius 2 is 2.17 bits per heavy atom. The van der Waals surface area contributed by atoms with Crippen LogP contribution in [0.25, 0.3) is 0 Å². The van der Waals surface area contributed by atoms with E-state index in [-0.39, 0.29) is 5.56 Å². The molecule has 0 spiro atoms. The number of carboxylic acid groups (broad SMARTS) is 1. The maximum absolute atomic E-state index is 11.0. The lowest BCUT2D eigenvalue weighted by Crippen LogP contribution is -1.99. The van der Waals surface area contributed by atoms with E-state index >= 15 is 0 Å².